The molecule has 1 aromatic heterocycles. The molecule has 0 spiro atoms. The lowest BCUT2D eigenvalue weighted by Crippen LogP contribution is -2.57. The minimum atomic E-state index is -4.41. The number of nitriles is 1. The molecule has 9 heteroatoms. The molecule has 6 nitrogen and oxygen atoms in total. The smallest absolute Gasteiger partial charge is 0.371 e. The molecular formula is C23H24F3N5O. The van der Waals surface area contributed by atoms with Gasteiger partial charge in [0.2, 0.25) is 5.91 Å². The monoisotopic (exact) mass is 443 g/mol. The summed E-state index contributed by atoms with van der Waals surface area (Å²) in [5, 5.41) is 12.4. The number of hydrogen-bond acceptors (Lipinski definition) is 5. The molecule has 2 fully saturated rings. The van der Waals surface area contributed by atoms with E-state index in [1.54, 1.807) is 12.1 Å². The van der Waals surface area contributed by atoms with Crippen LogP contribution in [0.15, 0.2) is 42.6 Å². The normalized spacial score (nSPS) is 18.3. The standard InChI is InChI=1S/C23H24F3N5O/c24-23(25,26)18-5-8-20(28-16-18)30-11-13-31(14-12-30)21(32)22(9-1-2-10-22)29-19-6-3-17(15-27)4-7-19/h3-8,16,29H,1-2,9-14H2. The summed E-state index contributed by atoms with van der Waals surface area (Å²) < 4.78 is 38.3. The average Bonchev–Trinajstić information content (AvgIpc) is 3.28. The first-order valence-electron chi connectivity index (χ1n) is 10.7. The molecule has 1 aliphatic carbocycles. The van der Waals surface area contributed by atoms with Crippen molar-refractivity contribution in [1.29, 1.82) is 5.26 Å². The number of amides is 1. The van der Waals surface area contributed by atoms with Crippen LogP contribution in [0, 0.1) is 11.3 Å². The Balaban J connectivity index is 1.41. The van der Waals surface area contributed by atoms with Gasteiger partial charge in [-0.25, -0.2) is 4.98 Å². The van der Waals surface area contributed by atoms with E-state index in [0.717, 1.165) is 43.6 Å². The molecule has 1 saturated carbocycles. The fourth-order valence-electron chi connectivity index (χ4n) is 4.46. The van der Waals surface area contributed by atoms with Crippen molar-refractivity contribution in [3.8, 4) is 6.07 Å². The summed E-state index contributed by atoms with van der Waals surface area (Å²) in [6, 6.07) is 11.6. The first kappa shape index (κ1) is 21.9. The first-order valence-corrected chi connectivity index (χ1v) is 10.7. The molecule has 0 unspecified atom stereocenters. The predicted molar refractivity (Wildman–Crippen MR) is 114 cm³/mol. The summed E-state index contributed by atoms with van der Waals surface area (Å²) >= 11 is 0. The van der Waals surface area contributed by atoms with Crippen molar-refractivity contribution in [3.63, 3.8) is 0 Å². The zero-order valence-electron chi connectivity index (χ0n) is 17.5. The summed E-state index contributed by atoms with van der Waals surface area (Å²) in [5.74, 6) is 0.538. The van der Waals surface area contributed by atoms with E-state index in [1.807, 2.05) is 21.9 Å². The van der Waals surface area contributed by atoms with Gasteiger partial charge in [-0.15, -0.1) is 0 Å². The van der Waals surface area contributed by atoms with Crippen molar-refractivity contribution in [3.05, 3.63) is 53.7 Å². The van der Waals surface area contributed by atoms with Gasteiger partial charge in [0.15, 0.2) is 0 Å². The maximum Gasteiger partial charge on any atom is 0.417 e. The number of hydrogen-bond donors (Lipinski definition) is 1. The molecule has 1 aliphatic heterocycles. The minimum absolute atomic E-state index is 0.0550. The van der Waals surface area contributed by atoms with Gasteiger partial charge in [-0.05, 0) is 49.2 Å². The number of rotatable bonds is 4. The van der Waals surface area contributed by atoms with E-state index < -0.39 is 17.3 Å². The van der Waals surface area contributed by atoms with Crippen LogP contribution >= 0.6 is 0 Å². The molecule has 1 N–H and O–H groups in total. The lowest BCUT2D eigenvalue weighted by Gasteiger charge is -2.40. The van der Waals surface area contributed by atoms with E-state index in [9.17, 15) is 18.0 Å². The molecule has 2 aliphatic rings. The van der Waals surface area contributed by atoms with E-state index in [0.29, 0.717) is 37.6 Å². The first-order chi connectivity index (χ1) is 15.3. The Labute approximate surface area is 184 Å². The molecule has 1 amide bonds. The Morgan fingerprint density at radius 1 is 1.03 bits per heavy atom. The Bertz CT molecular complexity index is 984. The molecule has 2 heterocycles. The van der Waals surface area contributed by atoms with Crippen molar-refractivity contribution in [1.82, 2.24) is 9.88 Å². The maximum atomic E-state index is 13.5. The van der Waals surface area contributed by atoms with Crippen LogP contribution in [0.4, 0.5) is 24.7 Å². The van der Waals surface area contributed by atoms with Gasteiger partial charge >= 0.3 is 6.18 Å². The largest absolute Gasteiger partial charge is 0.417 e. The van der Waals surface area contributed by atoms with Gasteiger partial charge in [-0.1, -0.05) is 12.8 Å². The zero-order valence-corrected chi connectivity index (χ0v) is 17.5. The van der Waals surface area contributed by atoms with E-state index in [4.69, 9.17) is 5.26 Å². The molecule has 168 valence electrons. The number of aromatic nitrogens is 1. The molecule has 0 radical (unpaired) electrons. The Hall–Kier alpha value is -3.28. The molecule has 1 saturated heterocycles. The quantitative estimate of drug-likeness (QED) is 0.772. The number of carbonyl (C=O) groups excluding carboxylic acids is 1. The maximum absolute atomic E-state index is 13.5. The Morgan fingerprint density at radius 3 is 2.22 bits per heavy atom. The van der Waals surface area contributed by atoms with Gasteiger partial charge < -0.3 is 15.1 Å². The van der Waals surface area contributed by atoms with Crippen molar-refractivity contribution >= 4 is 17.4 Å². The van der Waals surface area contributed by atoms with Crippen LogP contribution in [0.25, 0.3) is 0 Å². The molecular weight excluding hydrogens is 419 g/mol. The van der Waals surface area contributed by atoms with Crippen molar-refractivity contribution in [2.24, 2.45) is 0 Å². The van der Waals surface area contributed by atoms with Gasteiger partial charge in [0.25, 0.3) is 0 Å². The Morgan fingerprint density at radius 2 is 1.69 bits per heavy atom. The lowest BCUT2D eigenvalue weighted by molar-refractivity contribution is -0.138. The number of carbonyl (C=O) groups is 1. The summed E-state index contributed by atoms with van der Waals surface area (Å²) in [4.78, 5) is 21.2. The average molecular weight is 443 g/mol. The number of piperazine rings is 1. The fourth-order valence-corrected chi connectivity index (χ4v) is 4.46. The second kappa shape index (κ2) is 8.69. The van der Waals surface area contributed by atoms with Crippen LogP contribution in [-0.4, -0.2) is 47.5 Å². The van der Waals surface area contributed by atoms with Crippen LogP contribution in [0.5, 0.6) is 0 Å². The molecule has 32 heavy (non-hydrogen) atoms. The van der Waals surface area contributed by atoms with Gasteiger partial charge in [0.1, 0.15) is 11.4 Å². The van der Waals surface area contributed by atoms with E-state index in [1.165, 1.54) is 6.07 Å². The second-order valence-corrected chi connectivity index (χ2v) is 8.29. The Kier molecular flexibility index (Phi) is 5.96. The van der Waals surface area contributed by atoms with Gasteiger partial charge in [0.05, 0.1) is 17.2 Å². The van der Waals surface area contributed by atoms with Crippen LogP contribution < -0.4 is 10.2 Å². The van der Waals surface area contributed by atoms with Gasteiger partial charge in [-0.2, -0.15) is 18.4 Å². The van der Waals surface area contributed by atoms with E-state index >= 15 is 0 Å². The van der Waals surface area contributed by atoms with Gasteiger partial charge in [0, 0.05) is 38.1 Å². The molecule has 1 aromatic carbocycles. The number of halogens is 3. The zero-order chi connectivity index (χ0) is 22.8. The highest BCUT2D eigenvalue weighted by Gasteiger charge is 2.44. The van der Waals surface area contributed by atoms with E-state index in [2.05, 4.69) is 16.4 Å². The predicted octanol–water partition coefficient (Wildman–Crippen LogP) is 4.05. The third-order valence-corrected chi connectivity index (χ3v) is 6.23. The van der Waals surface area contributed by atoms with Crippen LogP contribution in [0.2, 0.25) is 0 Å². The van der Waals surface area contributed by atoms with Crippen LogP contribution in [-0.2, 0) is 11.0 Å². The highest BCUT2D eigenvalue weighted by molar-refractivity contribution is 5.90. The molecule has 2 aromatic rings. The van der Waals surface area contributed by atoms with E-state index in [-0.39, 0.29) is 5.91 Å². The van der Waals surface area contributed by atoms with Gasteiger partial charge in [-0.3, -0.25) is 4.79 Å². The second-order valence-electron chi connectivity index (χ2n) is 8.29. The summed E-state index contributed by atoms with van der Waals surface area (Å²) in [6.07, 6.45) is -0.149. The fraction of sp³-hybridized carbons (Fsp3) is 0.435. The minimum Gasteiger partial charge on any atom is -0.371 e. The number of alkyl halides is 3. The third kappa shape index (κ3) is 4.49. The number of nitrogens with zero attached hydrogens (tertiary/aromatic N) is 4. The lowest BCUT2D eigenvalue weighted by atomic mass is 9.94. The van der Waals surface area contributed by atoms with Crippen LogP contribution in [0.1, 0.15) is 36.8 Å². The number of pyridine rings is 1. The number of nitrogens with one attached hydrogen (secondary N) is 1. The molecule has 0 atom stereocenters. The van der Waals surface area contributed by atoms with Crippen molar-refractivity contribution < 1.29 is 18.0 Å². The van der Waals surface area contributed by atoms with Crippen molar-refractivity contribution in [2.75, 3.05) is 36.4 Å². The topological polar surface area (TPSA) is 72.3 Å². The summed E-state index contributed by atoms with van der Waals surface area (Å²) in [6.45, 7) is 1.99. The molecule has 0 bridgehead atoms. The number of benzene rings is 1. The third-order valence-electron chi connectivity index (χ3n) is 6.23. The highest BCUT2D eigenvalue weighted by atomic mass is 19.4. The SMILES string of the molecule is N#Cc1ccc(NC2(C(=O)N3CCN(c4ccc(C(F)(F)F)cn4)CC3)CCCC2)cc1. The highest BCUT2D eigenvalue weighted by Crippen LogP contribution is 2.35. The summed E-state index contributed by atoms with van der Waals surface area (Å²) in [5.41, 5.74) is -0.0579. The van der Waals surface area contributed by atoms with Crippen molar-refractivity contribution in [2.45, 2.75) is 37.4 Å². The molecule has 4 rings (SSSR count). The summed E-state index contributed by atoms with van der Waals surface area (Å²) in [7, 11) is 0. The number of anilines is 2. The van der Waals surface area contributed by atoms with Crippen LogP contribution in [0.3, 0.4) is 0 Å².